The van der Waals surface area contributed by atoms with Crippen molar-refractivity contribution < 1.29 is 24.3 Å². The zero-order valence-electron chi connectivity index (χ0n) is 8.43. The maximum absolute atomic E-state index is 11.7. The Balaban J connectivity index is 2.02. The van der Waals surface area contributed by atoms with E-state index in [9.17, 15) is 19.5 Å². The molecule has 2 unspecified atom stereocenters. The molecule has 0 aromatic heterocycles. The average molecular weight is 228 g/mol. The summed E-state index contributed by atoms with van der Waals surface area (Å²) in [5, 5.41) is 11.8. The Morgan fingerprint density at radius 3 is 2.69 bits per heavy atom. The van der Waals surface area contributed by atoms with Crippen LogP contribution in [0.15, 0.2) is 0 Å². The molecule has 1 saturated heterocycles. The number of rotatable bonds is 3. The van der Waals surface area contributed by atoms with Crippen molar-refractivity contribution in [1.29, 1.82) is 0 Å². The van der Waals surface area contributed by atoms with E-state index in [0.717, 1.165) is 6.42 Å². The first kappa shape index (κ1) is 11.0. The number of carbonyl (C=O) groups excluding carboxylic acids is 3. The molecule has 1 saturated carbocycles. The molecule has 1 amide bonds. The smallest absolute Gasteiger partial charge is 0.341 e. The molecule has 0 radical (unpaired) electrons. The first-order valence-electron chi connectivity index (χ1n) is 5.01. The molecule has 1 aliphatic carbocycles. The lowest BCUT2D eigenvalue weighted by atomic mass is 9.77. The lowest BCUT2D eigenvalue weighted by Crippen LogP contribution is -2.57. The third-order valence-electron chi connectivity index (χ3n) is 2.98. The highest BCUT2D eigenvalue weighted by atomic mass is 16.7. The Labute approximate surface area is 91.1 Å². The van der Waals surface area contributed by atoms with Crippen LogP contribution in [-0.4, -0.2) is 35.0 Å². The van der Waals surface area contributed by atoms with Crippen molar-refractivity contribution in [3.8, 4) is 0 Å². The minimum absolute atomic E-state index is 0.563. The molecule has 16 heavy (non-hydrogen) atoms. The molecule has 2 aliphatic rings. The van der Waals surface area contributed by atoms with Gasteiger partial charge in [0.05, 0.1) is 5.54 Å². The second-order valence-electron chi connectivity index (χ2n) is 4.08. The Morgan fingerprint density at radius 2 is 2.31 bits per heavy atom. The van der Waals surface area contributed by atoms with E-state index in [0.29, 0.717) is 19.1 Å². The van der Waals surface area contributed by atoms with Crippen LogP contribution in [0.4, 0.5) is 0 Å². The van der Waals surface area contributed by atoms with E-state index >= 15 is 0 Å². The third kappa shape index (κ3) is 1.68. The van der Waals surface area contributed by atoms with Crippen LogP contribution in [-0.2, 0) is 19.2 Å². The van der Waals surface area contributed by atoms with Crippen molar-refractivity contribution in [2.75, 3.05) is 0 Å². The van der Waals surface area contributed by atoms with Crippen LogP contribution in [0.3, 0.4) is 0 Å². The van der Waals surface area contributed by atoms with Crippen LogP contribution in [0.5, 0.6) is 0 Å². The van der Waals surface area contributed by atoms with Gasteiger partial charge in [0.1, 0.15) is 6.29 Å². The molecule has 2 fully saturated rings. The van der Waals surface area contributed by atoms with Crippen molar-refractivity contribution in [3.63, 3.8) is 0 Å². The van der Waals surface area contributed by atoms with E-state index in [1.165, 1.54) is 0 Å². The lowest BCUT2D eigenvalue weighted by Gasteiger charge is -2.37. The van der Waals surface area contributed by atoms with Gasteiger partial charge < -0.3 is 20.1 Å². The molecule has 2 rings (SSSR count). The fourth-order valence-electron chi connectivity index (χ4n) is 1.78. The minimum atomic E-state index is -1.36. The van der Waals surface area contributed by atoms with Gasteiger partial charge >= 0.3 is 5.97 Å². The van der Waals surface area contributed by atoms with Crippen LogP contribution in [0, 0.1) is 5.92 Å². The number of nitrogens with one attached hydrogen (secondary N) is 2. The molecule has 2 atom stereocenters. The highest BCUT2D eigenvalue weighted by Gasteiger charge is 2.46. The zero-order valence-corrected chi connectivity index (χ0v) is 8.43. The Morgan fingerprint density at radius 1 is 1.62 bits per heavy atom. The molecular weight excluding hydrogens is 216 g/mol. The average Bonchev–Trinajstić information content (AvgIpc) is 2.52. The summed E-state index contributed by atoms with van der Waals surface area (Å²) in [4.78, 5) is 37.9. The van der Waals surface area contributed by atoms with Gasteiger partial charge in [-0.25, -0.2) is 4.79 Å². The van der Waals surface area contributed by atoms with Gasteiger partial charge in [-0.2, -0.15) is 0 Å². The Bertz CT molecular complexity index is 339. The molecule has 1 heterocycles. The van der Waals surface area contributed by atoms with Gasteiger partial charge in [-0.3, -0.25) is 4.79 Å². The SMILES string of the molecule is O=CC1(NC(=O)C2C(=O)ONC2O)CCC1. The van der Waals surface area contributed by atoms with Crippen molar-refractivity contribution in [3.05, 3.63) is 0 Å². The van der Waals surface area contributed by atoms with Gasteiger partial charge in [0.2, 0.25) is 5.91 Å². The van der Waals surface area contributed by atoms with Gasteiger partial charge in [0.25, 0.3) is 0 Å². The topological polar surface area (TPSA) is 105 Å². The number of hydroxylamine groups is 1. The molecule has 7 nitrogen and oxygen atoms in total. The third-order valence-corrected chi connectivity index (χ3v) is 2.98. The summed E-state index contributed by atoms with van der Waals surface area (Å²) in [6.45, 7) is 0. The number of hydrogen-bond donors (Lipinski definition) is 3. The second kappa shape index (κ2) is 3.84. The van der Waals surface area contributed by atoms with E-state index in [1.807, 2.05) is 5.48 Å². The fourth-order valence-corrected chi connectivity index (χ4v) is 1.78. The van der Waals surface area contributed by atoms with E-state index in [2.05, 4.69) is 10.2 Å². The Hall–Kier alpha value is -1.47. The number of aliphatic hydroxyl groups is 1. The van der Waals surface area contributed by atoms with Crippen LogP contribution in [0.2, 0.25) is 0 Å². The summed E-state index contributed by atoms with van der Waals surface area (Å²) in [7, 11) is 0. The largest absolute Gasteiger partial charge is 0.374 e. The maximum Gasteiger partial charge on any atom is 0.341 e. The van der Waals surface area contributed by atoms with Crippen molar-refractivity contribution in [1.82, 2.24) is 10.8 Å². The number of carbonyl (C=O) groups is 3. The van der Waals surface area contributed by atoms with Crippen molar-refractivity contribution >= 4 is 18.2 Å². The van der Waals surface area contributed by atoms with Crippen molar-refractivity contribution in [2.45, 2.75) is 31.0 Å². The summed E-state index contributed by atoms with van der Waals surface area (Å²) in [6, 6.07) is 0. The van der Waals surface area contributed by atoms with E-state index in [4.69, 9.17) is 0 Å². The molecule has 0 aromatic rings. The predicted octanol–water partition coefficient (Wildman–Crippen LogP) is -1.78. The van der Waals surface area contributed by atoms with Crippen LogP contribution in [0.1, 0.15) is 19.3 Å². The Kier molecular flexibility index (Phi) is 2.64. The first-order valence-corrected chi connectivity index (χ1v) is 5.01. The van der Waals surface area contributed by atoms with Gasteiger partial charge in [0.15, 0.2) is 12.1 Å². The standard InChI is InChI=1S/C9H12N2O5/c12-4-9(2-1-3-9)10-6(13)5-7(14)11-16-8(5)15/h4-5,7,11,14H,1-3H2,(H,10,13). The van der Waals surface area contributed by atoms with E-state index in [-0.39, 0.29) is 0 Å². The lowest BCUT2D eigenvalue weighted by molar-refractivity contribution is -0.149. The van der Waals surface area contributed by atoms with Crippen LogP contribution >= 0.6 is 0 Å². The molecule has 0 bridgehead atoms. The molecule has 0 spiro atoms. The highest BCUT2D eigenvalue weighted by molar-refractivity contribution is 6.00. The summed E-state index contributed by atoms with van der Waals surface area (Å²) >= 11 is 0. The van der Waals surface area contributed by atoms with Gasteiger partial charge in [0, 0.05) is 0 Å². The monoisotopic (exact) mass is 228 g/mol. The van der Waals surface area contributed by atoms with Crippen LogP contribution in [0.25, 0.3) is 0 Å². The predicted molar refractivity (Wildman–Crippen MR) is 49.5 cm³/mol. The molecule has 0 aromatic carbocycles. The maximum atomic E-state index is 11.7. The quantitative estimate of drug-likeness (QED) is 0.389. The van der Waals surface area contributed by atoms with E-state index in [1.54, 1.807) is 0 Å². The van der Waals surface area contributed by atoms with Gasteiger partial charge in [-0.1, -0.05) is 0 Å². The van der Waals surface area contributed by atoms with Crippen LogP contribution < -0.4 is 10.8 Å². The normalized spacial score (nSPS) is 31.4. The second-order valence-corrected chi connectivity index (χ2v) is 4.08. The molecule has 3 N–H and O–H groups in total. The summed E-state index contributed by atoms with van der Waals surface area (Å²) in [5.41, 5.74) is 1.14. The summed E-state index contributed by atoms with van der Waals surface area (Å²) in [6.07, 6.45) is 1.29. The number of amides is 1. The number of aldehydes is 1. The number of hydrogen-bond acceptors (Lipinski definition) is 6. The van der Waals surface area contributed by atoms with Gasteiger partial charge in [-0.05, 0) is 19.3 Å². The van der Waals surface area contributed by atoms with E-state index < -0.39 is 29.6 Å². The van der Waals surface area contributed by atoms with Gasteiger partial charge in [-0.15, -0.1) is 5.48 Å². The molecular formula is C9H12N2O5. The summed E-state index contributed by atoms with van der Waals surface area (Å²) < 4.78 is 0. The number of aliphatic hydroxyl groups excluding tert-OH is 1. The zero-order chi connectivity index (χ0) is 11.8. The summed E-state index contributed by atoms with van der Waals surface area (Å²) in [5.74, 6) is -2.84. The highest BCUT2D eigenvalue weighted by Crippen LogP contribution is 2.30. The fraction of sp³-hybridized carbons (Fsp3) is 0.667. The first-order chi connectivity index (χ1) is 7.58. The van der Waals surface area contributed by atoms with Crippen molar-refractivity contribution in [2.24, 2.45) is 5.92 Å². The molecule has 88 valence electrons. The molecule has 1 aliphatic heterocycles. The minimum Gasteiger partial charge on any atom is -0.374 e. The molecule has 7 heteroatoms.